The number of pyridine rings is 1. The maximum atomic E-state index is 5.33. The minimum atomic E-state index is 0.330. The fourth-order valence-corrected chi connectivity index (χ4v) is 4.11. The van der Waals surface area contributed by atoms with Crippen molar-refractivity contribution in [1.82, 2.24) is 24.6 Å². The van der Waals surface area contributed by atoms with Crippen LogP contribution in [0.1, 0.15) is 37.1 Å². The van der Waals surface area contributed by atoms with Crippen LogP contribution >= 0.6 is 0 Å². The van der Waals surface area contributed by atoms with E-state index in [0.717, 1.165) is 54.2 Å². The molecule has 2 fully saturated rings. The normalized spacial score (nSPS) is 19.0. The predicted molar refractivity (Wildman–Crippen MR) is 110 cm³/mol. The van der Waals surface area contributed by atoms with Crippen LogP contribution in [0.2, 0.25) is 0 Å². The molecule has 0 bridgehead atoms. The molecule has 0 spiro atoms. The van der Waals surface area contributed by atoms with Crippen LogP contribution in [-0.4, -0.2) is 70.3 Å². The molecule has 0 amide bonds. The molecule has 0 radical (unpaired) electrons. The number of aliphatic imine (C=N–C) groups is 1. The number of rotatable bonds is 5. The van der Waals surface area contributed by atoms with E-state index in [2.05, 4.69) is 50.5 Å². The van der Waals surface area contributed by atoms with E-state index in [1.54, 1.807) is 7.05 Å². The highest BCUT2D eigenvalue weighted by molar-refractivity contribution is 5.98. The van der Waals surface area contributed by atoms with Crippen molar-refractivity contribution >= 4 is 17.2 Å². The van der Waals surface area contributed by atoms with E-state index in [-0.39, 0.29) is 0 Å². The first kappa shape index (κ1) is 17.6. The van der Waals surface area contributed by atoms with E-state index >= 15 is 0 Å². The summed E-state index contributed by atoms with van der Waals surface area (Å²) in [6.45, 7) is 8.34. The number of hydrogen-bond acceptors (Lipinski definition) is 5. The topological polar surface area (TPSA) is 71.3 Å². The number of hydrogen-bond donors (Lipinski definition) is 1. The first-order valence-corrected chi connectivity index (χ1v) is 9.95. The van der Waals surface area contributed by atoms with Crippen LogP contribution < -0.4 is 0 Å². The van der Waals surface area contributed by atoms with Gasteiger partial charge in [-0.05, 0) is 26.0 Å². The molecule has 1 N–H and O–H groups in total. The summed E-state index contributed by atoms with van der Waals surface area (Å²) in [7, 11) is 1.78. The molecule has 5 heterocycles. The number of aromatic amines is 1. The molecule has 2 saturated heterocycles. The van der Waals surface area contributed by atoms with Crippen molar-refractivity contribution in [2.45, 2.75) is 31.8 Å². The third kappa shape index (κ3) is 2.86. The minimum Gasteiger partial charge on any atom is -0.378 e. The summed E-state index contributed by atoms with van der Waals surface area (Å²) in [6.07, 6.45) is 5.70. The standard InChI is InChI=1S/C21H26N6O/c1-13(2)27-20(16-9-26(10-16)17-11-28-12-17)5-19(25-27)14-4-18-15(6-22-3)8-24-21(18)23-7-14/h4-8,13,16-17H,9-12H2,1-3H3,(H,23,24). The zero-order chi connectivity index (χ0) is 19.3. The molecule has 0 aliphatic carbocycles. The van der Waals surface area contributed by atoms with Crippen LogP contribution in [0.5, 0.6) is 0 Å². The summed E-state index contributed by atoms with van der Waals surface area (Å²) in [6, 6.07) is 5.36. The quantitative estimate of drug-likeness (QED) is 0.693. The molecule has 7 nitrogen and oxygen atoms in total. The second-order valence-electron chi connectivity index (χ2n) is 8.09. The molecule has 3 aromatic rings. The number of likely N-dealkylation sites (tertiary alicyclic amines) is 1. The first-order chi connectivity index (χ1) is 13.6. The molecule has 5 rings (SSSR count). The summed E-state index contributed by atoms with van der Waals surface area (Å²) in [5.74, 6) is 0.538. The van der Waals surface area contributed by atoms with Gasteiger partial charge in [-0.2, -0.15) is 5.10 Å². The Morgan fingerprint density at radius 3 is 2.79 bits per heavy atom. The number of aromatic nitrogens is 4. The van der Waals surface area contributed by atoms with Gasteiger partial charge in [-0.15, -0.1) is 0 Å². The van der Waals surface area contributed by atoms with Gasteiger partial charge in [-0.3, -0.25) is 14.6 Å². The maximum Gasteiger partial charge on any atom is 0.137 e. The fraction of sp³-hybridized carbons (Fsp3) is 0.476. The lowest BCUT2D eigenvalue weighted by Gasteiger charge is -2.47. The van der Waals surface area contributed by atoms with E-state index < -0.39 is 0 Å². The Hall–Kier alpha value is -2.51. The van der Waals surface area contributed by atoms with Crippen molar-refractivity contribution in [2.24, 2.45) is 4.99 Å². The average molecular weight is 378 g/mol. The molecule has 0 atom stereocenters. The highest BCUT2D eigenvalue weighted by Crippen LogP contribution is 2.34. The summed E-state index contributed by atoms with van der Waals surface area (Å²) in [5, 5.41) is 6.02. The largest absolute Gasteiger partial charge is 0.378 e. The van der Waals surface area contributed by atoms with Crippen LogP contribution in [0.3, 0.4) is 0 Å². The molecular weight excluding hydrogens is 352 g/mol. The third-order valence-corrected chi connectivity index (χ3v) is 5.85. The number of ether oxygens (including phenoxy) is 1. The lowest BCUT2D eigenvalue weighted by Crippen LogP contribution is -2.58. The van der Waals surface area contributed by atoms with E-state index in [1.807, 2.05) is 18.6 Å². The van der Waals surface area contributed by atoms with Crippen molar-refractivity contribution in [2.75, 3.05) is 33.4 Å². The van der Waals surface area contributed by atoms with Crippen molar-refractivity contribution in [1.29, 1.82) is 0 Å². The van der Waals surface area contributed by atoms with Gasteiger partial charge in [-0.1, -0.05) is 0 Å². The summed E-state index contributed by atoms with van der Waals surface area (Å²) in [4.78, 5) is 14.5. The highest BCUT2D eigenvalue weighted by atomic mass is 16.5. The Morgan fingerprint density at radius 1 is 1.29 bits per heavy atom. The minimum absolute atomic E-state index is 0.330. The van der Waals surface area contributed by atoms with Gasteiger partial charge in [0, 0.05) is 72.9 Å². The molecule has 7 heteroatoms. The number of nitrogens with zero attached hydrogens (tertiary/aromatic N) is 5. The monoisotopic (exact) mass is 378 g/mol. The molecule has 0 aromatic carbocycles. The Morgan fingerprint density at radius 2 is 2.11 bits per heavy atom. The van der Waals surface area contributed by atoms with E-state index in [4.69, 9.17) is 9.84 Å². The van der Waals surface area contributed by atoms with Gasteiger partial charge < -0.3 is 9.72 Å². The second-order valence-corrected chi connectivity index (χ2v) is 8.09. The fourth-order valence-electron chi connectivity index (χ4n) is 4.11. The van der Waals surface area contributed by atoms with E-state index in [1.165, 1.54) is 5.69 Å². The van der Waals surface area contributed by atoms with Crippen LogP contribution in [0.4, 0.5) is 0 Å². The van der Waals surface area contributed by atoms with Crippen LogP contribution in [0.15, 0.2) is 29.5 Å². The van der Waals surface area contributed by atoms with Crippen molar-refractivity contribution in [3.63, 3.8) is 0 Å². The van der Waals surface area contributed by atoms with E-state index in [9.17, 15) is 0 Å². The smallest absolute Gasteiger partial charge is 0.137 e. The maximum absolute atomic E-state index is 5.33. The van der Waals surface area contributed by atoms with Crippen molar-refractivity contribution in [3.05, 3.63) is 35.8 Å². The molecule has 3 aromatic heterocycles. The SMILES string of the molecule is CN=Cc1c[nH]c2ncc(-c3cc(C4CN(C5COC5)C4)n(C(C)C)n3)cc12. The Labute approximate surface area is 164 Å². The highest BCUT2D eigenvalue weighted by Gasteiger charge is 2.38. The molecular formula is C21H26N6O. The summed E-state index contributed by atoms with van der Waals surface area (Å²) in [5.41, 5.74) is 5.28. The van der Waals surface area contributed by atoms with Crippen LogP contribution in [0.25, 0.3) is 22.3 Å². The van der Waals surface area contributed by atoms with E-state index in [0.29, 0.717) is 18.0 Å². The Kier molecular flexibility index (Phi) is 4.29. The van der Waals surface area contributed by atoms with Gasteiger partial charge in [0.15, 0.2) is 0 Å². The van der Waals surface area contributed by atoms with Crippen LogP contribution in [-0.2, 0) is 4.74 Å². The first-order valence-electron chi connectivity index (χ1n) is 9.95. The Balaban J connectivity index is 1.47. The number of nitrogens with one attached hydrogen (secondary N) is 1. The lowest BCUT2D eigenvalue weighted by atomic mass is 9.92. The second kappa shape index (κ2) is 6.83. The van der Waals surface area contributed by atoms with Gasteiger partial charge in [0.1, 0.15) is 5.65 Å². The molecule has 0 saturated carbocycles. The van der Waals surface area contributed by atoms with Gasteiger partial charge in [0.05, 0.1) is 24.9 Å². The third-order valence-electron chi connectivity index (χ3n) is 5.85. The Bertz CT molecular complexity index is 1020. The lowest BCUT2D eigenvalue weighted by molar-refractivity contribution is -0.0913. The number of fused-ring (bicyclic) bond motifs is 1. The van der Waals surface area contributed by atoms with Crippen molar-refractivity contribution < 1.29 is 4.74 Å². The molecule has 0 unspecified atom stereocenters. The molecule has 146 valence electrons. The number of H-pyrrole nitrogens is 1. The predicted octanol–water partition coefficient (Wildman–Crippen LogP) is 2.85. The van der Waals surface area contributed by atoms with Crippen LogP contribution in [0, 0.1) is 0 Å². The van der Waals surface area contributed by atoms with Gasteiger partial charge >= 0.3 is 0 Å². The zero-order valence-corrected chi connectivity index (χ0v) is 16.6. The molecule has 2 aliphatic rings. The van der Waals surface area contributed by atoms with Gasteiger partial charge in [-0.25, -0.2) is 4.98 Å². The van der Waals surface area contributed by atoms with Gasteiger partial charge in [0.25, 0.3) is 0 Å². The zero-order valence-electron chi connectivity index (χ0n) is 16.6. The average Bonchev–Trinajstić information content (AvgIpc) is 3.20. The van der Waals surface area contributed by atoms with Crippen molar-refractivity contribution in [3.8, 4) is 11.3 Å². The summed E-state index contributed by atoms with van der Waals surface area (Å²) < 4.78 is 7.52. The van der Waals surface area contributed by atoms with Gasteiger partial charge in [0.2, 0.25) is 0 Å². The summed E-state index contributed by atoms with van der Waals surface area (Å²) >= 11 is 0. The molecule has 28 heavy (non-hydrogen) atoms. The molecule has 2 aliphatic heterocycles.